The molecular weight excluding hydrogens is 207 g/mol. The summed E-state index contributed by atoms with van der Waals surface area (Å²) in [5, 5.41) is 0. The Morgan fingerprint density at radius 3 is 2.94 bits per heavy atom. The molecule has 0 unspecified atom stereocenters. The van der Waals surface area contributed by atoms with Gasteiger partial charge < -0.3 is 10.5 Å². The van der Waals surface area contributed by atoms with Gasteiger partial charge in [-0.15, -0.1) is 0 Å². The monoisotopic (exact) mass is 222 g/mol. The Bertz CT molecular complexity index is 419. The summed E-state index contributed by atoms with van der Waals surface area (Å²) in [5.74, 6) is 0.173. The topological polar surface area (TPSA) is 47.6 Å². The van der Waals surface area contributed by atoms with Gasteiger partial charge in [0, 0.05) is 12.2 Å². The Balaban J connectivity index is 2.44. The van der Waals surface area contributed by atoms with Crippen molar-refractivity contribution < 1.29 is 9.13 Å². The van der Waals surface area contributed by atoms with E-state index < -0.39 is 5.54 Å². The summed E-state index contributed by atoms with van der Waals surface area (Å²) in [7, 11) is 0. The average molecular weight is 222 g/mol. The zero-order valence-electron chi connectivity index (χ0n) is 9.24. The van der Waals surface area contributed by atoms with Crippen LogP contribution in [0.15, 0.2) is 29.3 Å². The van der Waals surface area contributed by atoms with E-state index in [1.807, 2.05) is 6.92 Å². The van der Waals surface area contributed by atoms with Crippen molar-refractivity contribution in [2.75, 3.05) is 13.2 Å². The van der Waals surface area contributed by atoms with Gasteiger partial charge >= 0.3 is 0 Å². The summed E-state index contributed by atoms with van der Waals surface area (Å²) in [6.07, 6.45) is 0.634. The highest BCUT2D eigenvalue weighted by atomic mass is 19.1. The van der Waals surface area contributed by atoms with Crippen LogP contribution in [0.4, 0.5) is 4.39 Å². The largest absolute Gasteiger partial charge is 0.386 e. The van der Waals surface area contributed by atoms with Crippen molar-refractivity contribution >= 4 is 5.84 Å². The molecule has 1 aliphatic heterocycles. The maximum absolute atomic E-state index is 13.7. The zero-order valence-corrected chi connectivity index (χ0v) is 9.24. The highest BCUT2D eigenvalue weighted by Gasteiger charge is 2.30. The van der Waals surface area contributed by atoms with Crippen LogP contribution in [-0.4, -0.2) is 19.0 Å². The van der Waals surface area contributed by atoms with Crippen LogP contribution in [-0.2, 0) is 10.3 Å². The molecule has 1 aromatic rings. The van der Waals surface area contributed by atoms with E-state index in [0.29, 0.717) is 31.0 Å². The lowest BCUT2D eigenvalue weighted by atomic mass is 9.89. The lowest BCUT2D eigenvalue weighted by molar-refractivity contribution is 0.158. The Hall–Kier alpha value is -1.42. The number of hydrogen-bond donors (Lipinski definition) is 1. The molecule has 4 heteroatoms. The lowest BCUT2D eigenvalue weighted by Crippen LogP contribution is -2.25. The average Bonchev–Trinajstić information content (AvgIpc) is 2.41. The number of amidine groups is 1. The van der Waals surface area contributed by atoms with E-state index in [0.717, 1.165) is 0 Å². The third-order valence-corrected chi connectivity index (χ3v) is 2.83. The van der Waals surface area contributed by atoms with E-state index in [2.05, 4.69) is 4.99 Å². The first kappa shape index (κ1) is 11.1. The Morgan fingerprint density at radius 1 is 1.44 bits per heavy atom. The predicted octanol–water partition coefficient (Wildman–Crippen LogP) is 1.82. The molecule has 0 saturated carbocycles. The van der Waals surface area contributed by atoms with Crippen molar-refractivity contribution in [2.24, 2.45) is 10.7 Å². The number of benzene rings is 1. The summed E-state index contributed by atoms with van der Waals surface area (Å²) >= 11 is 0. The molecule has 0 fully saturated rings. The molecule has 0 saturated heterocycles. The first-order valence-electron chi connectivity index (χ1n) is 5.29. The first-order chi connectivity index (χ1) is 7.62. The zero-order chi connectivity index (χ0) is 11.6. The maximum atomic E-state index is 13.7. The number of halogens is 1. The van der Waals surface area contributed by atoms with Crippen LogP contribution >= 0.6 is 0 Å². The van der Waals surface area contributed by atoms with Gasteiger partial charge in [-0.05, 0) is 19.4 Å². The van der Waals surface area contributed by atoms with Gasteiger partial charge in [0.1, 0.15) is 18.3 Å². The van der Waals surface area contributed by atoms with E-state index in [4.69, 9.17) is 10.5 Å². The SMILES string of the molecule is C[C@@]1(c2ccccc2F)CCOCC(N)=N1. The van der Waals surface area contributed by atoms with E-state index in [1.54, 1.807) is 18.2 Å². The van der Waals surface area contributed by atoms with Crippen molar-refractivity contribution in [3.05, 3.63) is 35.6 Å². The number of nitrogens with two attached hydrogens (primary N) is 1. The lowest BCUT2D eigenvalue weighted by Gasteiger charge is -2.24. The molecule has 0 aliphatic carbocycles. The van der Waals surface area contributed by atoms with Crippen LogP contribution in [0, 0.1) is 5.82 Å². The molecule has 1 atom stereocenters. The molecule has 1 aromatic carbocycles. The molecule has 0 aromatic heterocycles. The molecule has 2 rings (SSSR count). The minimum atomic E-state index is -0.619. The van der Waals surface area contributed by atoms with Gasteiger partial charge in [0.15, 0.2) is 0 Å². The second-order valence-corrected chi connectivity index (χ2v) is 4.16. The van der Waals surface area contributed by atoms with Gasteiger partial charge in [-0.2, -0.15) is 0 Å². The molecule has 86 valence electrons. The highest BCUT2D eigenvalue weighted by molar-refractivity contribution is 5.82. The third kappa shape index (κ3) is 2.07. The van der Waals surface area contributed by atoms with Crippen LogP contribution in [0.1, 0.15) is 18.9 Å². The molecule has 16 heavy (non-hydrogen) atoms. The Morgan fingerprint density at radius 2 is 2.19 bits per heavy atom. The quantitative estimate of drug-likeness (QED) is 0.787. The summed E-state index contributed by atoms with van der Waals surface area (Å²) in [5.41, 5.74) is 5.65. The molecule has 0 spiro atoms. The first-order valence-corrected chi connectivity index (χ1v) is 5.29. The van der Waals surface area contributed by atoms with E-state index in [-0.39, 0.29) is 5.82 Å². The molecule has 1 heterocycles. The smallest absolute Gasteiger partial charge is 0.128 e. The highest BCUT2D eigenvalue weighted by Crippen LogP contribution is 2.32. The fraction of sp³-hybridized carbons (Fsp3) is 0.417. The molecule has 3 nitrogen and oxygen atoms in total. The van der Waals surface area contributed by atoms with Crippen molar-refractivity contribution in [3.63, 3.8) is 0 Å². The van der Waals surface area contributed by atoms with Crippen molar-refractivity contribution in [2.45, 2.75) is 18.9 Å². The maximum Gasteiger partial charge on any atom is 0.128 e. The van der Waals surface area contributed by atoms with Crippen molar-refractivity contribution in [1.82, 2.24) is 0 Å². The Kier molecular flexibility index (Phi) is 2.92. The number of aliphatic imine (C=N–C) groups is 1. The second kappa shape index (κ2) is 4.22. The summed E-state index contributed by atoms with van der Waals surface area (Å²) in [6, 6.07) is 6.67. The number of nitrogens with zero attached hydrogens (tertiary/aromatic N) is 1. The Labute approximate surface area is 94.1 Å². The fourth-order valence-corrected chi connectivity index (χ4v) is 1.95. The molecule has 0 amide bonds. The molecule has 2 N–H and O–H groups in total. The van der Waals surface area contributed by atoms with Gasteiger partial charge in [0.25, 0.3) is 0 Å². The van der Waals surface area contributed by atoms with Crippen LogP contribution in [0.5, 0.6) is 0 Å². The standard InChI is InChI=1S/C12H15FN2O/c1-12(6-7-16-8-11(14)15-12)9-4-2-3-5-10(9)13/h2-5H,6-8H2,1H3,(H2,14,15)/t12-/m0/s1. The van der Waals surface area contributed by atoms with Gasteiger partial charge in [-0.1, -0.05) is 18.2 Å². The van der Waals surface area contributed by atoms with Crippen molar-refractivity contribution in [3.8, 4) is 0 Å². The predicted molar refractivity (Wildman–Crippen MR) is 60.8 cm³/mol. The summed E-state index contributed by atoms with van der Waals surface area (Å²) < 4.78 is 19.0. The van der Waals surface area contributed by atoms with Crippen LogP contribution < -0.4 is 5.73 Å². The second-order valence-electron chi connectivity index (χ2n) is 4.16. The minimum Gasteiger partial charge on any atom is -0.386 e. The number of ether oxygens (including phenoxy) is 1. The molecule has 0 bridgehead atoms. The summed E-state index contributed by atoms with van der Waals surface area (Å²) in [6.45, 7) is 2.74. The number of rotatable bonds is 1. The molecule has 1 aliphatic rings. The number of hydrogen-bond acceptors (Lipinski definition) is 3. The normalized spacial score (nSPS) is 26.0. The van der Waals surface area contributed by atoms with Gasteiger partial charge in [-0.3, -0.25) is 4.99 Å². The van der Waals surface area contributed by atoms with E-state index in [9.17, 15) is 4.39 Å². The van der Waals surface area contributed by atoms with Crippen molar-refractivity contribution in [1.29, 1.82) is 0 Å². The van der Waals surface area contributed by atoms with Gasteiger partial charge in [0.2, 0.25) is 0 Å². The minimum absolute atomic E-state index is 0.247. The van der Waals surface area contributed by atoms with Gasteiger partial charge in [0.05, 0.1) is 5.54 Å². The van der Waals surface area contributed by atoms with Crippen LogP contribution in [0.25, 0.3) is 0 Å². The van der Waals surface area contributed by atoms with E-state index >= 15 is 0 Å². The third-order valence-electron chi connectivity index (χ3n) is 2.83. The van der Waals surface area contributed by atoms with Crippen LogP contribution in [0.3, 0.4) is 0 Å². The van der Waals surface area contributed by atoms with Gasteiger partial charge in [-0.25, -0.2) is 4.39 Å². The molecular formula is C12H15FN2O. The summed E-state index contributed by atoms with van der Waals surface area (Å²) in [4.78, 5) is 4.37. The molecule has 0 radical (unpaired) electrons. The van der Waals surface area contributed by atoms with Crippen LogP contribution in [0.2, 0.25) is 0 Å². The fourth-order valence-electron chi connectivity index (χ4n) is 1.95. The van der Waals surface area contributed by atoms with E-state index in [1.165, 1.54) is 6.07 Å².